The van der Waals surface area contributed by atoms with Crippen molar-refractivity contribution in [2.24, 2.45) is 0 Å². The number of ether oxygens (including phenoxy) is 2. The van der Waals surface area contributed by atoms with Crippen LogP contribution in [-0.2, 0) is 32.1 Å². The van der Waals surface area contributed by atoms with E-state index in [0.717, 1.165) is 44.0 Å². The molecule has 1 N–H and O–H groups in total. The average Bonchev–Trinajstić information content (AvgIpc) is 3.47. The third kappa shape index (κ3) is 5.37. The Morgan fingerprint density at radius 3 is 2.61 bits per heavy atom. The molecule has 2 atom stereocenters. The smallest absolute Gasteiger partial charge is 0.357 e. The van der Waals surface area contributed by atoms with Gasteiger partial charge in [0.1, 0.15) is 36.5 Å². The number of piperazine rings is 1. The summed E-state index contributed by atoms with van der Waals surface area (Å²) in [5.74, 6) is 0.296. The monoisotopic (exact) mass is 541 g/mol. The average molecular weight is 542 g/mol. The number of carbonyl (C=O) groups is 3. The van der Waals surface area contributed by atoms with Gasteiger partial charge in [0.05, 0.1) is 19.0 Å². The lowest BCUT2D eigenvalue weighted by molar-refractivity contribution is -0.153. The highest BCUT2D eigenvalue weighted by atomic mass is 32.2. The Morgan fingerprint density at radius 2 is 1.95 bits per heavy atom. The van der Waals surface area contributed by atoms with Crippen molar-refractivity contribution in [2.75, 3.05) is 45.6 Å². The fourth-order valence-corrected chi connectivity index (χ4v) is 6.19. The van der Waals surface area contributed by atoms with Crippen LogP contribution in [0.2, 0.25) is 0 Å². The molecule has 2 saturated heterocycles. The molecule has 3 aliphatic rings. The van der Waals surface area contributed by atoms with Gasteiger partial charge in [0.25, 0.3) is 5.91 Å². The molecule has 1 aromatic heterocycles. The molecule has 1 aromatic carbocycles. The topological polar surface area (TPSA) is 117 Å². The maximum atomic E-state index is 13.5. The first-order chi connectivity index (χ1) is 18.5. The number of rotatable bonds is 9. The van der Waals surface area contributed by atoms with Crippen LogP contribution in [0.15, 0.2) is 52.5 Å². The summed E-state index contributed by atoms with van der Waals surface area (Å²) in [6.45, 7) is 6.47. The number of esters is 1. The summed E-state index contributed by atoms with van der Waals surface area (Å²) in [6.07, 6.45) is 2.80. The van der Waals surface area contributed by atoms with Gasteiger partial charge in [-0.1, -0.05) is 19.1 Å². The maximum absolute atomic E-state index is 13.5. The maximum Gasteiger partial charge on any atom is 0.357 e. The van der Waals surface area contributed by atoms with Crippen molar-refractivity contribution >= 4 is 29.5 Å². The second-order valence-electron chi connectivity index (χ2n) is 9.20. The molecule has 11 nitrogen and oxygen atoms in total. The van der Waals surface area contributed by atoms with Gasteiger partial charge < -0.3 is 29.0 Å². The Labute approximate surface area is 225 Å². The van der Waals surface area contributed by atoms with Crippen molar-refractivity contribution in [3.8, 4) is 5.75 Å². The Bertz CT molecular complexity index is 1190. The van der Waals surface area contributed by atoms with Gasteiger partial charge in [-0.2, -0.15) is 0 Å². The number of aromatic nitrogens is 1. The van der Waals surface area contributed by atoms with E-state index in [-0.39, 0.29) is 41.8 Å². The lowest BCUT2D eigenvalue weighted by atomic mass is 10.0. The lowest BCUT2D eigenvalue weighted by Gasteiger charge is -2.51. The number of hydrogen-bond donors (Lipinski definition) is 1. The van der Waals surface area contributed by atoms with Crippen molar-refractivity contribution in [3.63, 3.8) is 0 Å². The van der Waals surface area contributed by atoms with E-state index in [0.29, 0.717) is 11.5 Å². The number of β-lactam (4-membered cyclic amide) rings is 1. The number of methoxy groups -OCH3 is 1. The van der Waals surface area contributed by atoms with Crippen LogP contribution in [0.4, 0.5) is 0 Å². The molecule has 2 fully saturated rings. The second kappa shape index (κ2) is 11.5. The number of likely N-dealkylation sites (N-methyl/N-ethyl adjacent to an activating group) is 1. The molecular formula is C26H31N5O6S. The summed E-state index contributed by atoms with van der Waals surface area (Å²) in [4.78, 5) is 49.3. The number of fused-ring (bicyclic) bond motifs is 1. The Hall–Kier alpha value is -3.51. The minimum atomic E-state index is -0.731. The molecule has 0 radical (unpaired) electrons. The first kappa shape index (κ1) is 26.1. The summed E-state index contributed by atoms with van der Waals surface area (Å²) in [6, 6.07) is 6.54. The lowest BCUT2D eigenvalue weighted by Crippen LogP contribution is -2.71. The number of thioether (sulfide) groups is 1. The van der Waals surface area contributed by atoms with Crippen molar-refractivity contribution in [1.29, 1.82) is 0 Å². The van der Waals surface area contributed by atoms with Gasteiger partial charge in [-0.25, -0.2) is 9.78 Å². The summed E-state index contributed by atoms with van der Waals surface area (Å²) in [5, 5.41) is 2.39. The molecule has 2 aromatic rings. The molecule has 1 unspecified atom stereocenters. The summed E-state index contributed by atoms with van der Waals surface area (Å²) in [7, 11) is 1.59. The molecule has 5 rings (SSSR count). The van der Waals surface area contributed by atoms with Crippen LogP contribution in [-0.4, -0.2) is 94.5 Å². The van der Waals surface area contributed by atoms with Gasteiger partial charge in [-0.15, -0.1) is 11.8 Å². The van der Waals surface area contributed by atoms with Gasteiger partial charge in [-0.05, 0) is 24.2 Å². The van der Waals surface area contributed by atoms with Crippen LogP contribution in [0.3, 0.4) is 0 Å². The van der Waals surface area contributed by atoms with Gasteiger partial charge in [-0.3, -0.25) is 14.5 Å². The quantitative estimate of drug-likeness (QED) is 0.367. The number of hydrogen-bond acceptors (Lipinski definition) is 10. The molecule has 3 aliphatic heterocycles. The Balaban J connectivity index is 1.32. The molecule has 0 aliphatic carbocycles. The Morgan fingerprint density at radius 1 is 1.18 bits per heavy atom. The van der Waals surface area contributed by atoms with Crippen LogP contribution in [0.5, 0.6) is 5.75 Å². The number of benzene rings is 1. The second-order valence-corrected chi connectivity index (χ2v) is 10.3. The standard InChI is InChI=1S/C26H31N5O6S/c1-3-29-9-11-30(12-10-29)19-16-38-25-22(28-20(32)14-21-27-8-13-36-21)24(33)31(25)23(19)26(34)37-15-17-4-6-18(35-2)7-5-17/h4-8,13,22,25H,3,9-12,14-16H2,1-2H3,(H,28,32)/t22?,25-/m1/s1. The molecule has 0 spiro atoms. The largest absolute Gasteiger partial charge is 0.497 e. The van der Waals surface area contributed by atoms with Gasteiger partial charge in [0.2, 0.25) is 11.8 Å². The minimum absolute atomic E-state index is 0.0618. The van der Waals surface area contributed by atoms with E-state index in [1.165, 1.54) is 29.1 Å². The molecule has 202 valence electrons. The van der Waals surface area contributed by atoms with E-state index >= 15 is 0 Å². The highest BCUT2D eigenvalue weighted by Crippen LogP contribution is 2.42. The highest BCUT2D eigenvalue weighted by Gasteiger charge is 2.55. The first-order valence-corrected chi connectivity index (χ1v) is 13.7. The molecule has 0 bridgehead atoms. The zero-order chi connectivity index (χ0) is 26.6. The van der Waals surface area contributed by atoms with Crippen LogP contribution in [0.25, 0.3) is 0 Å². The van der Waals surface area contributed by atoms with E-state index in [1.54, 1.807) is 19.2 Å². The molecule has 4 heterocycles. The van der Waals surface area contributed by atoms with Crippen molar-refractivity contribution in [3.05, 3.63) is 59.6 Å². The summed E-state index contributed by atoms with van der Waals surface area (Å²) < 4.78 is 16.0. The molecule has 38 heavy (non-hydrogen) atoms. The Kier molecular flexibility index (Phi) is 7.89. The highest BCUT2D eigenvalue weighted by molar-refractivity contribution is 8.00. The van der Waals surface area contributed by atoms with Crippen LogP contribution >= 0.6 is 11.8 Å². The number of carbonyl (C=O) groups excluding carboxylic acids is 3. The van der Waals surface area contributed by atoms with Gasteiger partial charge in [0.15, 0.2) is 5.70 Å². The number of nitrogens with zero attached hydrogens (tertiary/aromatic N) is 4. The summed E-state index contributed by atoms with van der Waals surface area (Å²) in [5.41, 5.74) is 1.89. The SMILES string of the molecule is CCN1CCN(C2=C(C(=O)OCc3ccc(OC)cc3)N3C(=O)C(NC(=O)Cc4ncco4)[C@H]3SC2)CC1. The fraction of sp³-hybridized carbons (Fsp3) is 0.462. The van der Waals surface area contributed by atoms with Crippen molar-refractivity contribution in [2.45, 2.75) is 31.4 Å². The third-order valence-electron chi connectivity index (χ3n) is 6.98. The number of nitrogens with one attached hydrogen (secondary N) is 1. The minimum Gasteiger partial charge on any atom is -0.497 e. The van der Waals surface area contributed by atoms with Crippen molar-refractivity contribution < 1.29 is 28.3 Å². The molecule has 0 saturated carbocycles. The van der Waals surface area contributed by atoms with Crippen LogP contribution in [0, 0.1) is 0 Å². The molecular weight excluding hydrogens is 510 g/mol. The third-order valence-corrected chi connectivity index (χ3v) is 8.25. The van der Waals surface area contributed by atoms with Gasteiger partial charge in [0, 0.05) is 31.9 Å². The predicted molar refractivity (Wildman–Crippen MR) is 139 cm³/mol. The van der Waals surface area contributed by atoms with E-state index in [4.69, 9.17) is 13.9 Å². The van der Waals surface area contributed by atoms with Crippen molar-refractivity contribution in [1.82, 2.24) is 25.0 Å². The fourth-order valence-electron chi connectivity index (χ4n) is 4.81. The zero-order valence-electron chi connectivity index (χ0n) is 21.4. The summed E-state index contributed by atoms with van der Waals surface area (Å²) >= 11 is 1.54. The molecule has 12 heteroatoms. The van der Waals surface area contributed by atoms with E-state index < -0.39 is 12.0 Å². The van der Waals surface area contributed by atoms with Crippen LogP contribution < -0.4 is 10.1 Å². The first-order valence-electron chi connectivity index (χ1n) is 12.6. The van der Waals surface area contributed by atoms with E-state index in [2.05, 4.69) is 27.0 Å². The van der Waals surface area contributed by atoms with E-state index in [9.17, 15) is 14.4 Å². The predicted octanol–water partition coefficient (Wildman–Crippen LogP) is 1.22. The normalized spacial score (nSPS) is 21.6. The van der Waals surface area contributed by atoms with E-state index in [1.807, 2.05) is 12.1 Å². The van der Waals surface area contributed by atoms with Gasteiger partial charge >= 0.3 is 5.97 Å². The number of amides is 2. The zero-order valence-corrected chi connectivity index (χ0v) is 22.2. The number of oxazole rings is 1. The van der Waals surface area contributed by atoms with Crippen LogP contribution in [0.1, 0.15) is 18.4 Å². The molecule has 2 amide bonds.